The van der Waals surface area contributed by atoms with Gasteiger partial charge in [0.25, 0.3) is 0 Å². The summed E-state index contributed by atoms with van der Waals surface area (Å²) in [6.45, 7) is 8.44. The standard InChI is InChI=1S/C14H22O/c1-9(2)14-12-8-10(3)4-5-11(12)6-7-13(14)15/h6-7,10-15H,1,4-5,8H2,2-3H3. The van der Waals surface area contributed by atoms with Crippen molar-refractivity contribution in [2.24, 2.45) is 23.7 Å². The zero-order valence-corrected chi connectivity index (χ0v) is 9.82. The zero-order chi connectivity index (χ0) is 11.0. The van der Waals surface area contributed by atoms with Crippen LogP contribution in [0.25, 0.3) is 0 Å². The fraction of sp³-hybridized carbons (Fsp3) is 0.714. The maximum atomic E-state index is 10.0. The SMILES string of the molecule is C=C(C)C1C(O)C=CC2CCC(C)CC21. The lowest BCUT2D eigenvalue weighted by atomic mass is 9.63. The summed E-state index contributed by atoms with van der Waals surface area (Å²) in [5, 5.41) is 10.0. The minimum atomic E-state index is -0.297. The van der Waals surface area contributed by atoms with Crippen molar-refractivity contribution in [3.63, 3.8) is 0 Å². The number of rotatable bonds is 1. The Morgan fingerprint density at radius 3 is 2.73 bits per heavy atom. The van der Waals surface area contributed by atoms with Crippen molar-refractivity contribution in [1.82, 2.24) is 0 Å². The van der Waals surface area contributed by atoms with Crippen LogP contribution in [0.1, 0.15) is 33.1 Å². The Morgan fingerprint density at radius 1 is 1.33 bits per heavy atom. The minimum absolute atomic E-state index is 0.294. The third-order valence-electron chi connectivity index (χ3n) is 4.17. The van der Waals surface area contributed by atoms with Gasteiger partial charge in [-0.2, -0.15) is 0 Å². The van der Waals surface area contributed by atoms with E-state index in [1.54, 1.807) is 0 Å². The molecule has 5 atom stereocenters. The third-order valence-corrected chi connectivity index (χ3v) is 4.17. The summed E-state index contributed by atoms with van der Waals surface area (Å²) >= 11 is 0. The minimum Gasteiger partial charge on any atom is -0.388 e. The van der Waals surface area contributed by atoms with E-state index in [-0.39, 0.29) is 6.10 Å². The number of fused-ring (bicyclic) bond motifs is 1. The second kappa shape index (κ2) is 4.13. The molecule has 0 bridgehead atoms. The van der Waals surface area contributed by atoms with E-state index in [9.17, 15) is 5.11 Å². The van der Waals surface area contributed by atoms with Gasteiger partial charge in [0.1, 0.15) is 0 Å². The van der Waals surface area contributed by atoms with Crippen molar-refractivity contribution in [3.8, 4) is 0 Å². The average molecular weight is 206 g/mol. The molecule has 15 heavy (non-hydrogen) atoms. The molecule has 0 saturated heterocycles. The van der Waals surface area contributed by atoms with Crippen molar-refractivity contribution < 1.29 is 5.11 Å². The summed E-state index contributed by atoms with van der Waals surface area (Å²) in [4.78, 5) is 0. The Hall–Kier alpha value is -0.560. The lowest BCUT2D eigenvalue weighted by Crippen LogP contribution is -2.38. The normalized spacial score (nSPS) is 44.9. The van der Waals surface area contributed by atoms with E-state index in [0.29, 0.717) is 17.8 Å². The third kappa shape index (κ3) is 2.03. The lowest BCUT2D eigenvalue weighted by molar-refractivity contribution is 0.0688. The Labute approximate surface area is 92.9 Å². The van der Waals surface area contributed by atoms with E-state index in [2.05, 4.69) is 26.5 Å². The molecule has 1 nitrogen and oxygen atoms in total. The van der Waals surface area contributed by atoms with Crippen LogP contribution < -0.4 is 0 Å². The lowest BCUT2D eigenvalue weighted by Gasteiger charge is -2.43. The quantitative estimate of drug-likeness (QED) is 0.653. The largest absolute Gasteiger partial charge is 0.388 e. The summed E-state index contributed by atoms with van der Waals surface area (Å²) in [5.74, 6) is 2.42. The van der Waals surface area contributed by atoms with Crippen LogP contribution in [0.3, 0.4) is 0 Å². The molecular weight excluding hydrogens is 184 g/mol. The summed E-state index contributed by atoms with van der Waals surface area (Å²) in [5.41, 5.74) is 1.15. The summed E-state index contributed by atoms with van der Waals surface area (Å²) in [6, 6.07) is 0. The fourth-order valence-corrected chi connectivity index (χ4v) is 3.39. The highest BCUT2D eigenvalue weighted by Crippen LogP contribution is 2.44. The van der Waals surface area contributed by atoms with Crippen molar-refractivity contribution in [2.75, 3.05) is 0 Å². The first-order valence-electron chi connectivity index (χ1n) is 6.11. The first-order chi connectivity index (χ1) is 7.09. The number of aliphatic hydroxyl groups is 1. The number of aliphatic hydroxyl groups excluding tert-OH is 1. The molecule has 1 fully saturated rings. The predicted octanol–water partition coefficient (Wildman–Crippen LogP) is 3.16. The summed E-state index contributed by atoms with van der Waals surface area (Å²) in [6.07, 6.45) is 7.80. The van der Waals surface area contributed by atoms with E-state index in [1.807, 2.05) is 6.08 Å². The van der Waals surface area contributed by atoms with Crippen LogP contribution in [0.5, 0.6) is 0 Å². The van der Waals surface area contributed by atoms with E-state index >= 15 is 0 Å². The molecule has 0 aromatic rings. The molecule has 2 aliphatic carbocycles. The Bertz CT molecular complexity index is 279. The molecule has 0 radical (unpaired) electrons. The molecule has 1 saturated carbocycles. The number of hydrogen-bond acceptors (Lipinski definition) is 1. The Morgan fingerprint density at radius 2 is 2.07 bits per heavy atom. The van der Waals surface area contributed by atoms with Gasteiger partial charge in [-0.05, 0) is 37.5 Å². The topological polar surface area (TPSA) is 20.2 Å². The van der Waals surface area contributed by atoms with Gasteiger partial charge in [0.2, 0.25) is 0 Å². The molecular formula is C14H22O. The van der Waals surface area contributed by atoms with Crippen LogP contribution >= 0.6 is 0 Å². The molecule has 2 rings (SSSR count). The smallest absolute Gasteiger partial charge is 0.0788 e. The highest BCUT2D eigenvalue weighted by atomic mass is 16.3. The highest BCUT2D eigenvalue weighted by Gasteiger charge is 2.38. The van der Waals surface area contributed by atoms with Gasteiger partial charge in [-0.3, -0.25) is 0 Å². The maximum Gasteiger partial charge on any atom is 0.0788 e. The van der Waals surface area contributed by atoms with Crippen molar-refractivity contribution in [2.45, 2.75) is 39.2 Å². The van der Waals surface area contributed by atoms with Crippen molar-refractivity contribution >= 4 is 0 Å². The molecule has 0 aromatic carbocycles. The van der Waals surface area contributed by atoms with Gasteiger partial charge < -0.3 is 5.11 Å². The maximum absolute atomic E-state index is 10.0. The molecule has 0 aromatic heterocycles. The summed E-state index contributed by atoms with van der Waals surface area (Å²) in [7, 11) is 0. The van der Waals surface area contributed by atoms with Gasteiger partial charge in [0.05, 0.1) is 6.10 Å². The molecule has 2 aliphatic rings. The predicted molar refractivity (Wildman–Crippen MR) is 63.4 cm³/mol. The van der Waals surface area contributed by atoms with Crippen LogP contribution in [0.15, 0.2) is 24.3 Å². The van der Waals surface area contributed by atoms with Crippen molar-refractivity contribution in [1.29, 1.82) is 0 Å². The van der Waals surface area contributed by atoms with Crippen LogP contribution in [0.2, 0.25) is 0 Å². The number of hydrogen-bond donors (Lipinski definition) is 1. The zero-order valence-electron chi connectivity index (χ0n) is 9.82. The van der Waals surface area contributed by atoms with Gasteiger partial charge in [-0.1, -0.05) is 37.6 Å². The molecule has 1 N–H and O–H groups in total. The second-order valence-electron chi connectivity index (χ2n) is 5.49. The van der Waals surface area contributed by atoms with Gasteiger partial charge >= 0.3 is 0 Å². The van der Waals surface area contributed by atoms with Gasteiger partial charge in [0.15, 0.2) is 0 Å². The first kappa shape index (κ1) is 10.9. The number of allylic oxidation sites excluding steroid dienone is 1. The van der Waals surface area contributed by atoms with E-state index in [1.165, 1.54) is 19.3 Å². The van der Waals surface area contributed by atoms with Crippen LogP contribution in [-0.4, -0.2) is 11.2 Å². The monoisotopic (exact) mass is 206 g/mol. The van der Waals surface area contributed by atoms with Gasteiger partial charge in [-0.15, -0.1) is 0 Å². The van der Waals surface area contributed by atoms with E-state index in [0.717, 1.165) is 11.5 Å². The fourth-order valence-electron chi connectivity index (χ4n) is 3.39. The molecule has 0 amide bonds. The molecule has 84 valence electrons. The summed E-state index contributed by atoms with van der Waals surface area (Å²) < 4.78 is 0. The van der Waals surface area contributed by atoms with Gasteiger partial charge in [0, 0.05) is 5.92 Å². The van der Waals surface area contributed by atoms with Gasteiger partial charge in [-0.25, -0.2) is 0 Å². The second-order valence-corrected chi connectivity index (χ2v) is 5.49. The van der Waals surface area contributed by atoms with Crippen LogP contribution in [0.4, 0.5) is 0 Å². The Balaban J connectivity index is 2.22. The van der Waals surface area contributed by atoms with Crippen molar-refractivity contribution in [3.05, 3.63) is 24.3 Å². The molecule has 1 heteroatoms. The Kier molecular flexibility index (Phi) is 3.01. The molecule has 0 heterocycles. The highest BCUT2D eigenvalue weighted by molar-refractivity contribution is 5.15. The van der Waals surface area contributed by atoms with Crippen LogP contribution in [-0.2, 0) is 0 Å². The molecule has 0 aliphatic heterocycles. The molecule has 5 unspecified atom stereocenters. The van der Waals surface area contributed by atoms with E-state index in [4.69, 9.17) is 0 Å². The van der Waals surface area contributed by atoms with E-state index < -0.39 is 0 Å². The first-order valence-corrected chi connectivity index (χ1v) is 6.11. The average Bonchev–Trinajstić information content (AvgIpc) is 2.16. The van der Waals surface area contributed by atoms with Crippen LogP contribution in [0, 0.1) is 23.7 Å². The molecule has 0 spiro atoms.